The number of esters is 1. The van der Waals surface area contributed by atoms with E-state index in [4.69, 9.17) is 24.2 Å². The van der Waals surface area contributed by atoms with Crippen molar-refractivity contribution in [3.05, 3.63) is 58.2 Å². The van der Waals surface area contributed by atoms with Crippen molar-refractivity contribution in [3.63, 3.8) is 0 Å². The first-order valence-corrected chi connectivity index (χ1v) is 22.8. The number of ether oxygens (including phenoxy) is 3. The van der Waals surface area contributed by atoms with Crippen molar-refractivity contribution < 1.29 is 33.4 Å². The first-order chi connectivity index (χ1) is 29.6. The number of urea groups is 1. The van der Waals surface area contributed by atoms with Gasteiger partial charge in [0, 0.05) is 79.2 Å². The van der Waals surface area contributed by atoms with Gasteiger partial charge in [0.15, 0.2) is 0 Å². The van der Waals surface area contributed by atoms with E-state index in [9.17, 15) is 19.2 Å². The molecule has 2 N–H and O–H groups in total. The Morgan fingerprint density at radius 1 is 1.13 bits per heavy atom. The Hall–Kier alpha value is -4.90. The lowest BCUT2D eigenvalue weighted by atomic mass is 9.83. The maximum Gasteiger partial charge on any atom is 0.324 e. The van der Waals surface area contributed by atoms with E-state index in [1.807, 2.05) is 32.2 Å². The number of methoxy groups -OCH3 is 1. The molecule has 1 unspecified atom stereocenters. The third-order valence-corrected chi connectivity index (χ3v) is 14.0. The Morgan fingerprint density at radius 3 is 2.60 bits per heavy atom. The van der Waals surface area contributed by atoms with Crippen LogP contribution in [-0.4, -0.2) is 124 Å². The van der Waals surface area contributed by atoms with Crippen molar-refractivity contribution in [2.24, 2.45) is 11.3 Å². The van der Waals surface area contributed by atoms with E-state index in [1.165, 1.54) is 21.2 Å². The average molecular weight is 869 g/mol. The monoisotopic (exact) mass is 868 g/mol. The molecule has 8 rings (SSSR count). The number of fused-ring (bicyclic) bond motifs is 6. The van der Waals surface area contributed by atoms with Crippen molar-refractivity contribution in [1.29, 1.82) is 0 Å². The summed E-state index contributed by atoms with van der Waals surface area (Å²) in [5.74, 6) is -1.53. The van der Waals surface area contributed by atoms with Gasteiger partial charge in [-0.3, -0.25) is 24.4 Å². The van der Waals surface area contributed by atoms with Gasteiger partial charge in [-0.25, -0.2) is 15.2 Å². The summed E-state index contributed by atoms with van der Waals surface area (Å²) >= 11 is 1.43. The van der Waals surface area contributed by atoms with Crippen LogP contribution < -0.4 is 10.7 Å². The summed E-state index contributed by atoms with van der Waals surface area (Å²) in [5, 5.41) is 8.20. The molecule has 4 aromatic rings. The highest BCUT2D eigenvalue weighted by Crippen LogP contribution is 2.42. The maximum atomic E-state index is 14.6. The van der Waals surface area contributed by atoms with E-state index in [0.29, 0.717) is 57.1 Å². The zero-order valence-corrected chi connectivity index (χ0v) is 38.0. The number of carbonyl (C=O) groups is 4. The summed E-state index contributed by atoms with van der Waals surface area (Å²) in [6.45, 7) is 14.9. The summed E-state index contributed by atoms with van der Waals surface area (Å²) in [6.07, 6.45) is 4.16. The highest BCUT2D eigenvalue weighted by molar-refractivity contribution is 7.10. The van der Waals surface area contributed by atoms with Gasteiger partial charge in [0.05, 0.1) is 53.6 Å². The number of hydrazine groups is 1. The number of aromatic nitrogens is 3. The highest BCUT2D eigenvalue weighted by atomic mass is 32.1. The number of hydrogen-bond acceptors (Lipinski definition) is 11. The fourth-order valence-electron chi connectivity index (χ4n) is 9.53. The lowest BCUT2D eigenvalue weighted by Crippen LogP contribution is -2.74. The van der Waals surface area contributed by atoms with Gasteiger partial charge in [0.1, 0.15) is 18.1 Å². The molecule has 1 aromatic carbocycles. The quantitative estimate of drug-likeness (QED) is 0.209. The number of carbonyl (C=O) groups excluding carboxylic acids is 4. The molecule has 0 aliphatic carbocycles. The van der Waals surface area contributed by atoms with Crippen molar-refractivity contribution in [2.45, 2.75) is 110 Å². The predicted octanol–water partition coefficient (Wildman–Crippen LogP) is 5.75. The largest absolute Gasteiger partial charge is 0.464 e. The zero-order chi connectivity index (χ0) is 44.1. The standard InChI is InChI=1S/C46H60N8O7S/c1-9-52-36-15-14-29-20-31(36)32(40(52)30-12-10-17-47-38(30)28(4)59-8)22-45(5,6)24-61-43(57)33-13-11-18-54(50-33)42(56)34(21-37-48-35(29)23-62-37)49-41(55)39(27(2)3)51(7)44(58)53-19-16-46(53)25-60-26-46/h10,12,14-15,17,20,23,27-28,33-34,39,50H,9,11,13,16,18-19,21-22,24-26H2,1-8H3,(H,49,55)/t28-,33-,34-,39?/m0/s1. The Labute approximate surface area is 367 Å². The number of likely N-dealkylation sites (N-methyl/N-ethyl adjacent to an activating group) is 1. The van der Waals surface area contributed by atoms with Crippen LogP contribution in [0.1, 0.15) is 83.2 Å². The SMILES string of the molecule is CCn1c(-c2cccnc2[C@H](C)OC)c2c3cc(ccc31)-c1csc(n1)C[C@H](NC(=O)C(C(C)C)N(C)C(=O)N1CCC13COC3)C(=O)N1CCC[C@H](N1)C(=O)OCC(C)(C)C2. The van der Waals surface area contributed by atoms with Gasteiger partial charge in [-0.2, -0.15) is 0 Å². The number of rotatable bonds is 8. The van der Waals surface area contributed by atoms with Crippen LogP contribution in [-0.2, 0) is 48.0 Å². The van der Waals surface area contributed by atoms with Crippen molar-refractivity contribution in [1.82, 2.24) is 40.1 Å². The topological polar surface area (TPSA) is 160 Å². The third-order valence-electron chi connectivity index (χ3n) is 13.1. The van der Waals surface area contributed by atoms with E-state index in [0.717, 1.165) is 51.1 Å². The van der Waals surface area contributed by atoms with Crippen LogP contribution in [0.3, 0.4) is 0 Å². The molecule has 15 nitrogen and oxygen atoms in total. The second-order valence-corrected chi connectivity index (χ2v) is 19.4. The number of hydrogen-bond donors (Lipinski definition) is 2. The first-order valence-electron chi connectivity index (χ1n) is 21.9. The molecular weight excluding hydrogens is 809 g/mol. The second-order valence-electron chi connectivity index (χ2n) is 18.5. The normalized spacial score (nSPS) is 22.1. The Kier molecular flexibility index (Phi) is 12.2. The number of pyridine rings is 1. The molecule has 3 fully saturated rings. The fraction of sp³-hybridized carbons (Fsp3) is 0.565. The average Bonchev–Trinajstić information content (AvgIpc) is 3.82. The van der Waals surface area contributed by atoms with Gasteiger partial charge in [-0.05, 0) is 75.3 Å². The number of nitrogens with zero attached hydrogens (tertiary/aromatic N) is 6. The van der Waals surface area contributed by atoms with Crippen LogP contribution in [0.2, 0.25) is 0 Å². The van der Waals surface area contributed by atoms with E-state index in [1.54, 1.807) is 25.3 Å². The smallest absolute Gasteiger partial charge is 0.324 e. The minimum Gasteiger partial charge on any atom is -0.464 e. The number of nitrogens with one attached hydrogen (secondary N) is 2. The van der Waals surface area contributed by atoms with Crippen LogP contribution in [0, 0.1) is 11.3 Å². The molecule has 1 spiro atoms. The Balaban J connectivity index is 1.18. The zero-order valence-electron chi connectivity index (χ0n) is 37.2. The molecule has 4 aliphatic rings. The molecule has 62 heavy (non-hydrogen) atoms. The molecular formula is C46H60N8O7S. The molecule has 16 heteroatoms. The van der Waals surface area contributed by atoms with Gasteiger partial charge >= 0.3 is 12.0 Å². The molecule has 4 amide bonds. The first kappa shape index (κ1) is 43.7. The van der Waals surface area contributed by atoms with Gasteiger partial charge in [-0.1, -0.05) is 33.8 Å². The van der Waals surface area contributed by atoms with Crippen LogP contribution in [0.25, 0.3) is 33.4 Å². The van der Waals surface area contributed by atoms with Crippen molar-refractivity contribution >= 4 is 46.1 Å². The van der Waals surface area contributed by atoms with Crippen LogP contribution in [0.4, 0.5) is 4.79 Å². The van der Waals surface area contributed by atoms with Gasteiger partial charge < -0.3 is 33.9 Å². The van der Waals surface area contributed by atoms with E-state index in [2.05, 4.69) is 60.3 Å². The fourth-order valence-corrected chi connectivity index (χ4v) is 10.4. The molecule has 4 atom stereocenters. The van der Waals surface area contributed by atoms with Crippen molar-refractivity contribution in [3.8, 4) is 22.5 Å². The maximum absolute atomic E-state index is 14.6. The van der Waals surface area contributed by atoms with E-state index in [-0.39, 0.29) is 36.6 Å². The molecule has 332 valence electrons. The molecule has 4 aliphatic heterocycles. The molecule has 3 aromatic heterocycles. The molecule has 0 saturated carbocycles. The van der Waals surface area contributed by atoms with Crippen LogP contribution in [0.15, 0.2) is 41.9 Å². The summed E-state index contributed by atoms with van der Waals surface area (Å²) in [4.78, 5) is 69.8. The lowest BCUT2D eigenvalue weighted by molar-refractivity contribution is -0.174. The minimum atomic E-state index is -1.04. The number of amides is 4. The summed E-state index contributed by atoms with van der Waals surface area (Å²) in [5.41, 5.74) is 9.09. The highest BCUT2D eigenvalue weighted by Gasteiger charge is 2.54. The van der Waals surface area contributed by atoms with Gasteiger partial charge in [0.2, 0.25) is 5.91 Å². The second kappa shape index (κ2) is 17.3. The van der Waals surface area contributed by atoms with Crippen LogP contribution >= 0.6 is 11.3 Å². The van der Waals surface area contributed by atoms with Crippen molar-refractivity contribution in [2.75, 3.05) is 47.1 Å². The van der Waals surface area contributed by atoms with Gasteiger partial charge in [-0.15, -0.1) is 11.3 Å². The summed E-state index contributed by atoms with van der Waals surface area (Å²) in [7, 11) is 3.34. The van der Waals surface area contributed by atoms with E-state index < -0.39 is 41.3 Å². The van der Waals surface area contributed by atoms with Gasteiger partial charge in [0.25, 0.3) is 5.91 Å². The molecule has 7 heterocycles. The predicted molar refractivity (Wildman–Crippen MR) is 236 cm³/mol. The number of aryl methyl sites for hydroxylation is 1. The van der Waals surface area contributed by atoms with Crippen LogP contribution in [0.5, 0.6) is 0 Å². The molecule has 0 radical (unpaired) electrons. The molecule has 3 saturated heterocycles. The summed E-state index contributed by atoms with van der Waals surface area (Å²) in [6, 6.07) is 7.57. The summed E-state index contributed by atoms with van der Waals surface area (Å²) < 4.78 is 19.7. The molecule has 6 bridgehead atoms. The van der Waals surface area contributed by atoms with E-state index >= 15 is 0 Å². The minimum absolute atomic E-state index is 0.108. The lowest BCUT2D eigenvalue weighted by Gasteiger charge is -2.58. The Bertz CT molecular complexity index is 2350. The number of benzene rings is 1. The number of cyclic esters (lactones) is 1. The number of thiazole rings is 1. The Morgan fingerprint density at radius 2 is 1.92 bits per heavy atom. The third kappa shape index (κ3) is 8.10. The number of likely N-dealkylation sites (tertiary alicyclic amines) is 1.